The van der Waals surface area contributed by atoms with E-state index < -0.39 is 0 Å². The summed E-state index contributed by atoms with van der Waals surface area (Å²) >= 11 is 0. The second kappa shape index (κ2) is 8.56. The van der Waals surface area contributed by atoms with Crippen molar-refractivity contribution in [3.05, 3.63) is 71.0 Å². The summed E-state index contributed by atoms with van der Waals surface area (Å²) in [6, 6.07) is 15.7. The first kappa shape index (κ1) is 18.1. The zero-order valence-electron chi connectivity index (χ0n) is 14.9. The Morgan fingerprint density at radius 3 is 2.68 bits per heavy atom. The van der Waals surface area contributed by atoms with Crippen molar-refractivity contribution >= 4 is 0 Å². The smallest absolute Gasteiger partial charge is 0.123 e. The summed E-state index contributed by atoms with van der Waals surface area (Å²) < 4.78 is 13.4. The van der Waals surface area contributed by atoms with Crippen molar-refractivity contribution in [2.45, 2.75) is 32.5 Å². The lowest BCUT2D eigenvalue weighted by Crippen LogP contribution is -2.52. The summed E-state index contributed by atoms with van der Waals surface area (Å²) in [6.45, 7) is 6.87. The molecule has 0 unspecified atom stereocenters. The monoisotopic (exact) mass is 342 g/mol. The second-order valence-electron chi connectivity index (χ2n) is 6.93. The number of rotatable bonds is 6. The standard InChI is InChI=1S/C21H27FN2O/c1-17-5-2-3-7-19(17)15-24-11-10-23(16-21(24)9-12-25)14-18-6-4-8-20(22)13-18/h2-8,13,21,25H,9-12,14-16H2,1H3/t21-/m1/s1. The van der Waals surface area contributed by atoms with E-state index in [0.29, 0.717) is 6.04 Å². The average Bonchev–Trinajstić information content (AvgIpc) is 2.59. The maximum absolute atomic E-state index is 13.4. The number of hydrogen-bond acceptors (Lipinski definition) is 3. The Morgan fingerprint density at radius 2 is 1.92 bits per heavy atom. The normalized spacial score (nSPS) is 19.2. The second-order valence-corrected chi connectivity index (χ2v) is 6.93. The first-order valence-corrected chi connectivity index (χ1v) is 9.02. The van der Waals surface area contributed by atoms with E-state index in [1.54, 1.807) is 12.1 Å². The predicted molar refractivity (Wildman–Crippen MR) is 98.8 cm³/mol. The van der Waals surface area contributed by atoms with Crippen molar-refractivity contribution in [3.8, 4) is 0 Å². The molecule has 0 bridgehead atoms. The molecular weight excluding hydrogens is 315 g/mol. The minimum absolute atomic E-state index is 0.178. The summed E-state index contributed by atoms with van der Waals surface area (Å²) in [7, 11) is 0. The molecule has 2 aromatic rings. The van der Waals surface area contributed by atoms with E-state index in [0.717, 1.165) is 44.7 Å². The van der Waals surface area contributed by atoms with Gasteiger partial charge >= 0.3 is 0 Å². The molecule has 0 saturated carbocycles. The molecule has 1 N–H and O–H groups in total. The van der Waals surface area contributed by atoms with Crippen molar-refractivity contribution in [1.82, 2.24) is 9.80 Å². The van der Waals surface area contributed by atoms with Crippen LogP contribution < -0.4 is 0 Å². The third kappa shape index (κ3) is 4.88. The predicted octanol–water partition coefficient (Wildman–Crippen LogP) is 3.20. The fourth-order valence-electron chi connectivity index (χ4n) is 3.63. The van der Waals surface area contributed by atoms with E-state index in [4.69, 9.17) is 0 Å². The van der Waals surface area contributed by atoms with Crippen LogP contribution in [0, 0.1) is 12.7 Å². The molecule has 2 aromatic carbocycles. The van der Waals surface area contributed by atoms with Gasteiger partial charge in [0.25, 0.3) is 0 Å². The molecular formula is C21H27FN2O. The van der Waals surface area contributed by atoms with Gasteiger partial charge in [-0.15, -0.1) is 0 Å². The Labute approximate surface area is 149 Å². The molecule has 1 saturated heterocycles. The number of aliphatic hydroxyl groups excluding tert-OH is 1. The van der Waals surface area contributed by atoms with E-state index in [1.165, 1.54) is 17.2 Å². The van der Waals surface area contributed by atoms with E-state index in [-0.39, 0.29) is 12.4 Å². The van der Waals surface area contributed by atoms with Crippen LogP contribution in [0.25, 0.3) is 0 Å². The first-order valence-electron chi connectivity index (χ1n) is 9.02. The highest BCUT2D eigenvalue weighted by molar-refractivity contribution is 5.25. The van der Waals surface area contributed by atoms with Crippen molar-refractivity contribution in [2.75, 3.05) is 26.2 Å². The SMILES string of the molecule is Cc1ccccc1CN1CCN(Cc2cccc(F)c2)C[C@H]1CCO. The van der Waals surface area contributed by atoms with Gasteiger partial charge in [0.1, 0.15) is 5.82 Å². The number of benzene rings is 2. The van der Waals surface area contributed by atoms with Gasteiger partial charge in [0.2, 0.25) is 0 Å². The molecule has 134 valence electrons. The Balaban J connectivity index is 1.65. The van der Waals surface area contributed by atoms with Crippen molar-refractivity contribution < 1.29 is 9.50 Å². The van der Waals surface area contributed by atoms with E-state index in [2.05, 4.69) is 41.0 Å². The number of piperazine rings is 1. The molecule has 0 aliphatic carbocycles. The highest BCUT2D eigenvalue weighted by Crippen LogP contribution is 2.20. The summed E-state index contributed by atoms with van der Waals surface area (Å²) in [4.78, 5) is 4.84. The van der Waals surface area contributed by atoms with E-state index in [9.17, 15) is 9.50 Å². The molecule has 25 heavy (non-hydrogen) atoms. The van der Waals surface area contributed by atoms with Gasteiger partial charge in [0, 0.05) is 45.4 Å². The highest BCUT2D eigenvalue weighted by atomic mass is 19.1. The van der Waals surface area contributed by atoms with Gasteiger partial charge in [-0.2, -0.15) is 0 Å². The summed E-state index contributed by atoms with van der Waals surface area (Å²) in [5.41, 5.74) is 3.67. The third-order valence-corrected chi connectivity index (χ3v) is 5.08. The zero-order chi connectivity index (χ0) is 17.6. The highest BCUT2D eigenvalue weighted by Gasteiger charge is 2.26. The van der Waals surface area contributed by atoms with Crippen LogP contribution in [0.2, 0.25) is 0 Å². The molecule has 1 heterocycles. The molecule has 3 rings (SSSR count). The summed E-state index contributed by atoms with van der Waals surface area (Å²) in [5, 5.41) is 9.47. The van der Waals surface area contributed by atoms with Gasteiger partial charge in [-0.25, -0.2) is 4.39 Å². The maximum atomic E-state index is 13.4. The molecule has 0 spiro atoms. The van der Waals surface area contributed by atoms with E-state index in [1.807, 2.05) is 6.07 Å². The van der Waals surface area contributed by atoms with Gasteiger partial charge in [-0.05, 0) is 42.2 Å². The zero-order valence-corrected chi connectivity index (χ0v) is 14.9. The first-order chi connectivity index (χ1) is 12.2. The van der Waals surface area contributed by atoms with E-state index >= 15 is 0 Å². The third-order valence-electron chi connectivity index (χ3n) is 5.08. The minimum Gasteiger partial charge on any atom is -0.396 e. The molecule has 0 amide bonds. The van der Waals surface area contributed by atoms with Crippen LogP contribution in [-0.2, 0) is 13.1 Å². The summed E-state index contributed by atoms with van der Waals surface area (Å²) in [5.74, 6) is -0.178. The fraction of sp³-hybridized carbons (Fsp3) is 0.429. The quantitative estimate of drug-likeness (QED) is 0.873. The van der Waals surface area contributed by atoms with Gasteiger partial charge in [0.05, 0.1) is 0 Å². The lowest BCUT2D eigenvalue weighted by atomic mass is 10.0. The van der Waals surface area contributed by atoms with Crippen LogP contribution in [-0.4, -0.2) is 47.2 Å². The molecule has 1 aliphatic rings. The molecule has 0 aromatic heterocycles. The van der Waals surface area contributed by atoms with Gasteiger partial charge in [-0.1, -0.05) is 36.4 Å². The molecule has 0 radical (unpaired) electrons. The van der Waals surface area contributed by atoms with Crippen molar-refractivity contribution in [1.29, 1.82) is 0 Å². The summed E-state index contributed by atoms with van der Waals surface area (Å²) in [6.07, 6.45) is 0.769. The number of aliphatic hydroxyl groups is 1. The van der Waals surface area contributed by atoms with Crippen LogP contribution in [0.15, 0.2) is 48.5 Å². The van der Waals surface area contributed by atoms with Gasteiger partial charge in [-0.3, -0.25) is 9.80 Å². The Morgan fingerprint density at radius 1 is 1.08 bits per heavy atom. The van der Waals surface area contributed by atoms with Gasteiger partial charge in [0.15, 0.2) is 0 Å². The van der Waals surface area contributed by atoms with Crippen LogP contribution in [0.3, 0.4) is 0 Å². The van der Waals surface area contributed by atoms with Crippen molar-refractivity contribution in [3.63, 3.8) is 0 Å². The molecule has 1 atom stereocenters. The molecule has 1 fully saturated rings. The number of halogens is 1. The molecule has 1 aliphatic heterocycles. The Bertz CT molecular complexity index is 691. The van der Waals surface area contributed by atoms with Crippen LogP contribution in [0.5, 0.6) is 0 Å². The van der Waals surface area contributed by atoms with Crippen molar-refractivity contribution in [2.24, 2.45) is 0 Å². The Hall–Kier alpha value is -1.75. The molecule has 3 nitrogen and oxygen atoms in total. The van der Waals surface area contributed by atoms with Crippen LogP contribution in [0.4, 0.5) is 4.39 Å². The lowest BCUT2D eigenvalue weighted by Gasteiger charge is -2.41. The average molecular weight is 342 g/mol. The maximum Gasteiger partial charge on any atom is 0.123 e. The number of hydrogen-bond donors (Lipinski definition) is 1. The number of aryl methyl sites for hydroxylation is 1. The van der Waals surface area contributed by atoms with Crippen LogP contribution >= 0.6 is 0 Å². The minimum atomic E-state index is -0.178. The molecule has 4 heteroatoms. The van der Waals surface area contributed by atoms with Crippen LogP contribution in [0.1, 0.15) is 23.1 Å². The Kier molecular flexibility index (Phi) is 6.19. The topological polar surface area (TPSA) is 26.7 Å². The largest absolute Gasteiger partial charge is 0.396 e. The number of nitrogens with zero attached hydrogens (tertiary/aromatic N) is 2. The lowest BCUT2D eigenvalue weighted by molar-refractivity contribution is 0.0498. The van der Waals surface area contributed by atoms with Gasteiger partial charge < -0.3 is 5.11 Å². The fourth-order valence-corrected chi connectivity index (χ4v) is 3.63.